The number of alkyl halides is 1. The summed E-state index contributed by atoms with van der Waals surface area (Å²) in [4.78, 5) is 11.2. The molecule has 0 saturated carbocycles. The van der Waals surface area contributed by atoms with Crippen LogP contribution in [0, 0.1) is 0 Å². The molecule has 102 valence electrons. The lowest BCUT2D eigenvalue weighted by Crippen LogP contribution is -2.17. The number of halogens is 1. The van der Waals surface area contributed by atoms with Crippen LogP contribution in [0.4, 0.5) is 0 Å². The van der Waals surface area contributed by atoms with Crippen molar-refractivity contribution in [1.82, 2.24) is 0 Å². The first-order valence-electron chi connectivity index (χ1n) is 7.03. The van der Waals surface area contributed by atoms with Crippen LogP contribution in [-0.4, -0.2) is 17.4 Å². The Bertz CT molecular complexity index is 183. The molecule has 0 fully saturated rings. The summed E-state index contributed by atoms with van der Waals surface area (Å²) in [5, 5.41) is 0. The summed E-state index contributed by atoms with van der Waals surface area (Å²) < 4.78 is 4.94. The fourth-order valence-electron chi connectivity index (χ4n) is 1.81. The van der Waals surface area contributed by atoms with Crippen molar-refractivity contribution in [3.63, 3.8) is 0 Å². The predicted octanol–water partition coefficient (Wildman–Crippen LogP) is 4.84. The van der Waals surface area contributed by atoms with E-state index < -0.39 is 0 Å². The van der Waals surface area contributed by atoms with E-state index >= 15 is 0 Å². The number of hydrogen-bond acceptors (Lipinski definition) is 2. The van der Waals surface area contributed by atoms with Gasteiger partial charge in [-0.2, -0.15) is 0 Å². The first-order chi connectivity index (χ1) is 8.22. The maximum atomic E-state index is 11.3. The van der Waals surface area contributed by atoms with E-state index in [1.165, 1.54) is 44.9 Å². The zero-order chi connectivity index (χ0) is 12.9. The van der Waals surface area contributed by atoms with E-state index in [0.717, 1.165) is 12.8 Å². The molecule has 0 aliphatic heterocycles. The van der Waals surface area contributed by atoms with E-state index in [-0.39, 0.29) is 10.8 Å². The van der Waals surface area contributed by atoms with Gasteiger partial charge in [0.1, 0.15) is 4.83 Å². The molecule has 0 heterocycles. The highest BCUT2D eigenvalue weighted by Gasteiger charge is 2.14. The zero-order valence-corrected chi connectivity index (χ0v) is 12.9. The number of unbranched alkanes of at least 4 members (excludes halogenated alkanes) is 7. The summed E-state index contributed by atoms with van der Waals surface area (Å²) in [6.45, 7) is 4.55. The van der Waals surface area contributed by atoms with Crippen molar-refractivity contribution < 1.29 is 9.53 Å². The van der Waals surface area contributed by atoms with E-state index in [4.69, 9.17) is 4.74 Å². The van der Waals surface area contributed by atoms with Gasteiger partial charge in [0.2, 0.25) is 0 Å². The van der Waals surface area contributed by atoms with Crippen molar-refractivity contribution in [2.45, 2.75) is 76.5 Å². The van der Waals surface area contributed by atoms with Gasteiger partial charge < -0.3 is 4.74 Å². The van der Waals surface area contributed by atoms with E-state index in [2.05, 4.69) is 22.9 Å². The van der Waals surface area contributed by atoms with Crippen molar-refractivity contribution in [3.05, 3.63) is 0 Å². The first-order valence-corrected chi connectivity index (χ1v) is 7.94. The molecule has 1 atom stereocenters. The van der Waals surface area contributed by atoms with Crippen LogP contribution < -0.4 is 0 Å². The minimum absolute atomic E-state index is 0.109. The van der Waals surface area contributed by atoms with Crippen molar-refractivity contribution in [1.29, 1.82) is 0 Å². The van der Waals surface area contributed by atoms with Crippen LogP contribution in [0.2, 0.25) is 0 Å². The van der Waals surface area contributed by atoms with Gasteiger partial charge >= 0.3 is 5.97 Å². The Morgan fingerprint density at radius 2 is 1.53 bits per heavy atom. The molecule has 0 spiro atoms. The molecular weight excluding hydrogens is 280 g/mol. The van der Waals surface area contributed by atoms with Gasteiger partial charge in [0.05, 0.1) is 6.61 Å². The Hall–Kier alpha value is -0.0500. The van der Waals surface area contributed by atoms with Gasteiger partial charge in [0, 0.05) is 0 Å². The van der Waals surface area contributed by atoms with Crippen LogP contribution in [0.15, 0.2) is 0 Å². The van der Waals surface area contributed by atoms with Gasteiger partial charge in [0.15, 0.2) is 0 Å². The van der Waals surface area contributed by atoms with Crippen LogP contribution >= 0.6 is 15.9 Å². The predicted molar refractivity (Wildman–Crippen MR) is 76.6 cm³/mol. The summed E-state index contributed by atoms with van der Waals surface area (Å²) in [6, 6.07) is 0. The lowest BCUT2D eigenvalue weighted by Gasteiger charge is -2.08. The third-order valence-electron chi connectivity index (χ3n) is 2.85. The molecule has 1 unspecified atom stereocenters. The Labute approximate surface area is 115 Å². The molecule has 17 heavy (non-hydrogen) atoms. The average Bonchev–Trinajstić information content (AvgIpc) is 2.32. The Balaban J connectivity index is 3.24. The SMILES string of the molecule is CCCCCCCCCCC(Br)C(=O)OCC. The van der Waals surface area contributed by atoms with Crippen LogP contribution in [0.1, 0.15) is 71.6 Å². The van der Waals surface area contributed by atoms with Gasteiger partial charge in [-0.25, -0.2) is 0 Å². The highest BCUT2D eigenvalue weighted by Crippen LogP contribution is 2.15. The van der Waals surface area contributed by atoms with E-state index in [1.807, 2.05) is 6.92 Å². The van der Waals surface area contributed by atoms with Gasteiger partial charge in [-0.15, -0.1) is 0 Å². The van der Waals surface area contributed by atoms with Crippen molar-refractivity contribution in [3.8, 4) is 0 Å². The number of rotatable bonds is 11. The molecule has 0 aromatic heterocycles. The summed E-state index contributed by atoms with van der Waals surface area (Å²) in [5.74, 6) is -0.115. The van der Waals surface area contributed by atoms with Gasteiger partial charge in [-0.1, -0.05) is 74.2 Å². The highest BCUT2D eigenvalue weighted by atomic mass is 79.9. The number of hydrogen-bond donors (Lipinski definition) is 0. The molecule has 0 radical (unpaired) electrons. The summed E-state index contributed by atoms with van der Waals surface area (Å²) in [7, 11) is 0. The highest BCUT2D eigenvalue weighted by molar-refractivity contribution is 9.10. The number of esters is 1. The minimum Gasteiger partial charge on any atom is -0.465 e. The molecule has 0 rings (SSSR count). The largest absolute Gasteiger partial charge is 0.465 e. The molecule has 0 bridgehead atoms. The Morgan fingerprint density at radius 1 is 1.00 bits per heavy atom. The normalized spacial score (nSPS) is 12.4. The van der Waals surface area contributed by atoms with Crippen LogP contribution in [0.25, 0.3) is 0 Å². The minimum atomic E-state index is -0.115. The molecule has 0 saturated heterocycles. The Kier molecular flexibility index (Phi) is 12.4. The van der Waals surface area contributed by atoms with Crippen LogP contribution in [-0.2, 0) is 9.53 Å². The quantitative estimate of drug-likeness (QED) is 0.310. The van der Waals surface area contributed by atoms with Gasteiger partial charge in [-0.05, 0) is 13.3 Å². The number of carbonyl (C=O) groups excluding carboxylic acids is 1. The molecule has 0 aliphatic rings. The first kappa shape index (κ1) is 16.9. The molecule has 3 heteroatoms. The lowest BCUT2D eigenvalue weighted by atomic mass is 10.1. The number of ether oxygens (including phenoxy) is 1. The van der Waals surface area contributed by atoms with Crippen molar-refractivity contribution in [2.24, 2.45) is 0 Å². The molecule has 0 aromatic carbocycles. The van der Waals surface area contributed by atoms with Crippen molar-refractivity contribution in [2.75, 3.05) is 6.61 Å². The molecule has 0 N–H and O–H groups in total. The average molecular weight is 307 g/mol. The third-order valence-corrected chi connectivity index (χ3v) is 3.69. The second-order valence-corrected chi connectivity index (χ2v) is 5.59. The third kappa shape index (κ3) is 10.8. The lowest BCUT2D eigenvalue weighted by molar-refractivity contribution is -0.142. The fourth-order valence-corrected chi connectivity index (χ4v) is 2.26. The van der Waals surface area contributed by atoms with Crippen LogP contribution in [0.3, 0.4) is 0 Å². The number of carbonyl (C=O) groups is 1. The molecule has 0 aliphatic carbocycles. The van der Waals surface area contributed by atoms with E-state index in [9.17, 15) is 4.79 Å². The van der Waals surface area contributed by atoms with Gasteiger partial charge in [0.25, 0.3) is 0 Å². The summed E-state index contributed by atoms with van der Waals surface area (Å²) in [5.41, 5.74) is 0. The summed E-state index contributed by atoms with van der Waals surface area (Å²) in [6.07, 6.45) is 11.3. The second-order valence-electron chi connectivity index (χ2n) is 4.48. The maximum Gasteiger partial charge on any atom is 0.319 e. The Morgan fingerprint density at radius 3 is 2.06 bits per heavy atom. The van der Waals surface area contributed by atoms with Gasteiger partial charge in [-0.3, -0.25) is 4.79 Å². The summed E-state index contributed by atoms with van der Waals surface area (Å²) >= 11 is 3.37. The van der Waals surface area contributed by atoms with Crippen LogP contribution in [0.5, 0.6) is 0 Å². The molecule has 2 nitrogen and oxygen atoms in total. The zero-order valence-electron chi connectivity index (χ0n) is 11.3. The standard InChI is InChI=1S/C14H27BrO2/c1-3-5-6-7-8-9-10-11-12-13(15)14(16)17-4-2/h13H,3-12H2,1-2H3. The second kappa shape index (κ2) is 12.4. The topological polar surface area (TPSA) is 26.3 Å². The monoisotopic (exact) mass is 306 g/mol. The fraction of sp³-hybridized carbons (Fsp3) is 0.929. The molecular formula is C14H27BrO2. The van der Waals surface area contributed by atoms with E-state index in [1.54, 1.807) is 0 Å². The van der Waals surface area contributed by atoms with E-state index in [0.29, 0.717) is 6.61 Å². The van der Waals surface area contributed by atoms with Crippen molar-refractivity contribution >= 4 is 21.9 Å². The maximum absolute atomic E-state index is 11.3. The smallest absolute Gasteiger partial charge is 0.319 e. The molecule has 0 aromatic rings. The molecule has 0 amide bonds.